The molecule has 1 saturated heterocycles. The first-order valence-electron chi connectivity index (χ1n) is 6.05. The van der Waals surface area contributed by atoms with Crippen LogP contribution in [0, 0.1) is 0 Å². The number of aliphatic hydroxyl groups is 1. The number of benzene rings is 1. The van der Waals surface area contributed by atoms with Gasteiger partial charge >= 0.3 is 0 Å². The van der Waals surface area contributed by atoms with Gasteiger partial charge in [-0.2, -0.15) is 0 Å². The fraction of sp³-hybridized carbons (Fsp3) is 0.462. The number of rotatable bonds is 1. The number of hydrogen-bond donors (Lipinski definition) is 2. The molecule has 1 aromatic rings. The highest BCUT2D eigenvalue weighted by Gasteiger charge is 2.33. The normalized spacial score (nSPS) is 26.8. The number of amides is 1. The molecule has 0 saturated carbocycles. The summed E-state index contributed by atoms with van der Waals surface area (Å²) in [7, 11) is 0. The van der Waals surface area contributed by atoms with Gasteiger partial charge in [0.05, 0.1) is 6.10 Å². The zero-order chi connectivity index (χ0) is 11.8. The summed E-state index contributed by atoms with van der Waals surface area (Å²) < 4.78 is 0. The summed E-state index contributed by atoms with van der Waals surface area (Å²) in [4.78, 5) is 14.0. The quantitative estimate of drug-likeness (QED) is 0.746. The van der Waals surface area contributed by atoms with Crippen molar-refractivity contribution >= 4 is 11.6 Å². The van der Waals surface area contributed by atoms with E-state index >= 15 is 0 Å². The van der Waals surface area contributed by atoms with Gasteiger partial charge < -0.3 is 15.3 Å². The molecule has 1 amide bonds. The van der Waals surface area contributed by atoms with Gasteiger partial charge in [0.2, 0.25) is 5.91 Å². The number of hydrogen-bond acceptors (Lipinski definition) is 3. The minimum Gasteiger partial charge on any atom is -0.391 e. The molecule has 17 heavy (non-hydrogen) atoms. The van der Waals surface area contributed by atoms with Crippen LogP contribution in [0.2, 0.25) is 0 Å². The van der Waals surface area contributed by atoms with Crippen LogP contribution in [0.1, 0.15) is 12.0 Å². The van der Waals surface area contributed by atoms with Crippen molar-refractivity contribution in [3.63, 3.8) is 0 Å². The molecule has 90 valence electrons. The largest absolute Gasteiger partial charge is 0.391 e. The van der Waals surface area contributed by atoms with Crippen molar-refractivity contribution in [2.24, 2.45) is 0 Å². The third-order valence-electron chi connectivity index (χ3n) is 3.54. The van der Waals surface area contributed by atoms with Crippen LogP contribution in [-0.4, -0.2) is 41.1 Å². The van der Waals surface area contributed by atoms with E-state index in [0.717, 1.165) is 12.1 Å². The van der Waals surface area contributed by atoms with Gasteiger partial charge in [0.25, 0.3) is 0 Å². The molecule has 1 fully saturated rings. The van der Waals surface area contributed by atoms with Crippen molar-refractivity contribution in [1.29, 1.82) is 0 Å². The second-order valence-electron chi connectivity index (χ2n) is 4.78. The lowest BCUT2D eigenvalue weighted by Gasteiger charge is -2.20. The lowest BCUT2D eigenvalue weighted by Crippen LogP contribution is -2.41. The molecule has 0 radical (unpaired) electrons. The molecular weight excluding hydrogens is 216 g/mol. The van der Waals surface area contributed by atoms with Gasteiger partial charge in [0, 0.05) is 25.2 Å². The molecular formula is C13H16N2O2. The number of nitrogens with zero attached hydrogens (tertiary/aromatic N) is 1. The maximum absolute atomic E-state index is 12.2. The van der Waals surface area contributed by atoms with Gasteiger partial charge in [0.15, 0.2) is 0 Å². The van der Waals surface area contributed by atoms with Gasteiger partial charge in [-0.05, 0) is 18.1 Å². The van der Waals surface area contributed by atoms with E-state index in [2.05, 4.69) is 11.4 Å². The third kappa shape index (κ3) is 1.89. The minimum absolute atomic E-state index is 0.109. The lowest BCUT2D eigenvalue weighted by atomic mass is 10.1. The van der Waals surface area contributed by atoms with E-state index in [0.29, 0.717) is 19.5 Å². The number of nitrogens with one attached hydrogen (secondary N) is 1. The van der Waals surface area contributed by atoms with Crippen molar-refractivity contribution in [3.05, 3.63) is 29.8 Å². The molecule has 2 N–H and O–H groups in total. The fourth-order valence-electron chi connectivity index (χ4n) is 2.61. The predicted molar refractivity (Wildman–Crippen MR) is 64.8 cm³/mol. The fourth-order valence-corrected chi connectivity index (χ4v) is 2.61. The Bertz CT molecular complexity index is 422. The van der Waals surface area contributed by atoms with E-state index in [1.807, 2.05) is 18.2 Å². The highest BCUT2D eigenvalue weighted by Crippen LogP contribution is 2.26. The summed E-state index contributed by atoms with van der Waals surface area (Å²) in [5.74, 6) is 0.109. The number of para-hydroxylation sites is 1. The maximum Gasteiger partial charge on any atom is 0.245 e. The average Bonchev–Trinajstić information content (AvgIpc) is 2.93. The summed E-state index contributed by atoms with van der Waals surface area (Å²) in [5, 5.41) is 12.7. The number of anilines is 1. The van der Waals surface area contributed by atoms with Gasteiger partial charge in [0.1, 0.15) is 6.04 Å². The molecule has 2 aliphatic rings. The first kappa shape index (κ1) is 10.6. The maximum atomic E-state index is 12.2. The Morgan fingerprint density at radius 1 is 1.41 bits per heavy atom. The summed E-state index contributed by atoms with van der Waals surface area (Å²) in [6, 6.07) is 7.86. The summed E-state index contributed by atoms with van der Waals surface area (Å²) in [6.07, 6.45) is 1.11. The molecule has 0 aliphatic carbocycles. The standard InChI is InChI=1S/C13H16N2O2/c16-10-5-6-15(8-10)13(17)12-7-9-3-1-2-4-11(9)14-12/h1-4,10,12,14,16H,5-8H2/t10-,12?/m1/s1. The molecule has 4 heteroatoms. The van der Waals surface area contributed by atoms with E-state index in [1.165, 1.54) is 5.56 Å². The summed E-state index contributed by atoms with van der Waals surface area (Å²) in [5.41, 5.74) is 2.26. The first-order chi connectivity index (χ1) is 8.24. The van der Waals surface area contributed by atoms with Crippen LogP contribution in [0.4, 0.5) is 5.69 Å². The third-order valence-corrected chi connectivity index (χ3v) is 3.54. The Labute approximate surface area is 100 Å². The van der Waals surface area contributed by atoms with Crippen molar-refractivity contribution in [1.82, 2.24) is 4.90 Å². The molecule has 0 spiro atoms. The molecule has 2 aliphatic heterocycles. The lowest BCUT2D eigenvalue weighted by molar-refractivity contribution is -0.131. The van der Waals surface area contributed by atoms with Gasteiger partial charge in [-0.15, -0.1) is 0 Å². The van der Waals surface area contributed by atoms with E-state index in [4.69, 9.17) is 0 Å². The van der Waals surface area contributed by atoms with Crippen LogP contribution in [0.25, 0.3) is 0 Å². The number of β-amino-alcohol motifs (C(OH)–C–C–N with tert-alkyl or cyclic N) is 1. The van der Waals surface area contributed by atoms with E-state index in [-0.39, 0.29) is 18.1 Å². The van der Waals surface area contributed by atoms with Crippen LogP contribution < -0.4 is 5.32 Å². The van der Waals surface area contributed by atoms with Crippen molar-refractivity contribution in [3.8, 4) is 0 Å². The summed E-state index contributed by atoms with van der Waals surface area (Å²) >= 11 is 0. The first-order valence-corrected chi connectivity index (χ1v) is 6.05. The van der Waals surface area contributed by atoms with Crippen LogP contribution in [0.3, 0.4) is 0 Å². The average molecular weight is 232 g/mol. The zero-order valence-corrected chi connectivity index (χ0v) is 9.60. The van der Waals surface area contributed by atoms with Crippen LogP contribution in [-0.2, 0) is 11.2 Å². The van der Waals surface area contributed by atoms with E-state index < -0.39 is 0 Å². The molecule has 3 rings (SSSR count). The number of carbonyl (C=O) groups excluding carboxylic acids is 1. The number of carbonyl (C=O) groups is 1. The molecule has 0 aromatic heterocycles. The molecule has 4 nitrogen and oxygen atoms in total. The highest BCUT2D eigenvalue weighted by molar-refractivity contribution is 5.87. The molecule has 1 unspecified atom stereocenters. The molecule has 0 bridgehead atoms. The number of fused-ring (bicyclic) bond motifs is 1. The van der Waals surface area contributed by atoms with E-state index in [1.54, 1.807) is 4.90 Å². The monoisotopic (exact) mass is 232 g/mol. The minimum atomic E-state index is -0.345. The Hall–Kier alpha value is -1.55. The smallest absolute Gasteiger partial charge is 0.245 e. The summed E-state index contributed by atoms with van der Waals surface area (Å²) in [6.45, 7) is 1.15. The zero-order valence-electron chi connectivity index (χ0n) is 9.60. The van der Waals surface area contributed by atoms with Crippen molar-refractivity contribution < 1.29 is 9.90 Å². The molecule has 2 heterocycles. The Morgan fingerprint density at radius 2 is 2.24 bits per heavy atom. The Balaban J connectivity index is 1.70. The van der Waals surface area contributed by atoms with Crippen molar-refractivity contribution in [2.75, 3.05) is 18.4 Å². The van der Waals surface area contributed by atoms with Gasteiger partial charge in [-0.1, -0.05) is 18.2 Å². The topological polar surface area (TPSA) is 52.6 Å². The van der Waals surface area contributed by atoms with Crippen LogP contribution in [0.15, 0.2) is 24.3 Å². The van der Waals surface area contributed by atoms with Crippen LogP contribution in [0.5, 0.6) is 0 Å². The van der Waals surface area contributed by atoms with Crippen LogP contribution >= 0.6 is 0 Å². The van der Waals surface area contributed by atoms with Gasteiger partial charge in [-0.25, -0.2) is 0 Å². The molecule has 2 atom stereocenters. The second-order valence-corrected chi connectivity index (χ2v) is 4.78. The van der Waals surface area contributed by atoms with Gasteiger partial charge in [-0.3, -0.25) is 4.79 Å². The Morgan fingerprint density at radius 3 is 2.94 bits per heavy atom. The Kier molecular flexibility index (Phi) is 2.52. The SMILES string of the molecule is O=C(C1Cc2ccccc2N1)N1CC[C@@H](O)C1. The highest BCUT2D eigenvalue weighted by atomic mass is 16.3. The predicted octanol–water partition coefficient (Wildman–Crippen LogP) is 0.616. The van der Waals surface area contributed by atoms with Crippen molar-refractivity contribution in [2.45, 2.75) is 25.0 Å². The molecule has 1 aromatic carbocycles. The van der Waals surface area contributed by atoms with E-state index in [9.17, 15) is 9.90 Å². The number of aliphatic hydroxyl groups excluding tert-OH is 1. The number of likely N-dealkylation sites (tertiary alicyclic amines) is 1. The second kappa shape index (κ2) is 4.04.